The molecule has 0 N–H and O–H groups in total. The highest BCUT2D eigenvalue weighted by Gasteiger charge is 2.17. The molecule has 0 aliphatic heterocycles. The highest BCUT2D eigenvalue weighted by atomic mass is 32.1. The predicted molar refractivity (Wildman–Crippen MR) is 125 cm³/mol. The van der Waals surface area contributed by atoms with Crippen LogP contribution in [0.25, 0.3) is 0 Å². The maximum absolute atomic E-state index is 4.21. The molecule has 0 aliphatic rings. The van der Waals surface area contributed by atoms with Crippen LogP contribution in [0.15, 0.2) is 22.6 Å². The first kappa shape index (κ1) is 26.8. The van der Waals surface area contributed by atoms with Gasteiger partial charge in [0, 0.05) is 27.8 Å². The topological polar surface area (TPSA) is 64.5 Å². The van der Waals surface area contributed by atoms with Gasteiger partial charge in [0.1, 0.15) is 21.9 Å². The molecule has 0 unspecified atom stereocenters. The maximum Gasteiger partial charge on any atom is 0.147 e. The van der Waals surface area contributed by atoms with Gasteiger partial charge in [0.2, 0.25) is 0 Å². The lowest BCUT2D eigenvalue weighted by molar-refractivity contribution is 0.555. The molecule has 0 radical (unpaired) electrons. The van der Waals surface area contributed by atoms with Crippen molar-refractivity contribution in [3.8, 4) is 0 Å². The quantitative estimate of drug-likeness (QED) is 0.386. The van der Waals surface area contributed by atoms with Crippen molar-refractivity contribution in [1.29, 1.82) is 0 Å². The summed E-state index contributed by atoms with van der Waals surface area (Å²) < 4.78 is 4.12. The predicted octanol–water partition coefficient (Wildman–Crippen LogP) is 6.75. The SMILES string of the molecule is C.CC(C)(C)c1nccs1.CC(C)(C)c1ncsn1.CC(C)(C)c1nncs1. The van der Waals surface area contributed by atoms with E-state index < -0.39 is 0 Å². The first-order valence-corrected chi connectivity index (χ1v) is 11.3. The molecule has 8 heteroatoms. The Hall–Kier alpha value is -1.25. The van der Waals surface area contributed by atoms with Gasteiger partial charge in [-0.2, -0.15) is 4.37 Å². The van der Waals surface area contributed by atoms with E-state index in [-0.39, 0.29) is 23.7 Å². The molecule has 0 saturated carbocycles. The Labute approximate surface area is 182 Å². The summed E-state index contributed by atoms with van der Waals surface area (Å²) in [5, 5.41) is 12.0. The van der Waals surface area contributed by atoms with Crippen LogP contribution in [0, 0.1) is 0 Å². The number of nitrogens with zero attached hydrogens (tertiary/aromatic N) is 5. The summed E-state index contributed by atoms with van der Waals surface area (Å²) in [4.78, 5) is 8.30. The minimum atomic E-state index is 0. The van der Waals surface area contributed by atoms with Gasteiger partial charge in [0.25, 0.3) is 0 Å². The third-order valence-corrected chi connectivity index (χ3v) is 5.90. The van der Waals surface area contributed by atoms with E-state index in [1.54, 1.807) is 33.7 Å². The second-order valence-electron chi connectivity index (χ2n) is 9.09. The van der Waals surface area contributed by atoms with Gasteiger partial charge in [-0.25, -0.2) is 9.97 Å². The second kappa shape index (κ2) is 11.1. The van der Waals surface area contributed by atoms with Crippen LogP contribution in [0.3, 0.4) is 0 Å². The van der Waals surface area contributed by atoms with Gasteiger partial charge >= 0.3 is 0 Å². The maximum atomic E-state index is 4.21. The van der Waals surface area contributed by atoms with Crippen LogP contribution in [0.4, 0.5) is 0 Å². The molecule has 0 atom stereocenters. The molecule has 0 amide bonds. The van der Waals surface area contributed by atoms with Gasteiger partial charge in [-0.15, -0.1) is 32.9 Å². The van der Waals surface area contributed by atoms with Crippen molar-refractivity contribution in [3.05, 3.63) is 38.4 Å². The Bertz CT molecular complexity index is 624. The smallest absolute Gasteiger partial charge is 0.147 e. The fourth-order valence-electron chi connectivity index (χ4n) is 1.59. The average Bonchev–Trinajstić information content (AvgIpc) is 3.28. The zero-order valence-corrected chi connectivity index (χ0v) is 20.2. The highest BCUT2D eigenvalue weighted by molar-refractivity contribution is 7.09. The molecule has 0 aromatic carbocycles. The molecular weight excluding hydrogens is 406 g/mol. The molecule has 0 fully saturated rings. The summed E-state index contributed by atoms with van der Waals surface area (Å²) in [6.45, 7) is 19.2. The first-order chi connectivity index (χ1) is 12.3. The summed E-state index contributed by atoms with van der Waals surface area (Å²) in [7, 11) is 0. The van der Waals surface area contributed by atoms with Gasteiger partial charge in [-0.05, 0) is 11.5 Å². The van der Waals surface area contributed by atoms with Gasteiger partial charge in [-0.3, -0.25) is 0 Å². The number of thiazole rings is 1. The van der Waals surface area contributed by atoms with Crippen LogP contribution < -0.4 is 0 Å². The number of aromatic nitrogens is 5. The van der Waals surface area contributed by atoms with Gasteiger partial charge in [0.15, 0.2) is 0 Å². The van der Waals surface area contributed by atoms with Crippen molar-refractivity contribution in [1.82, 2.24) is 24.5 Å². The fourth-order valence-corrected chi connectivity index (χ4v) is 3.58. The fraction of sp³-hybridized carbons (Fsp3) is 0.650. The van der Waals surface area contributed by atoms with Crippen LogP contribution in [0.1, 0.15) is 85.6 Å². The second-order valence-corrected chi connectivity index (χ2v) is 11.4. The summed E-state index contributed by atoms with van der Waals surface area (Å²) in [5.41, 5.74) is 4.04. The average molecular weight is 442 g/mol. The Kier molecular flexibility index (Phi) is 10.6. The molecule has 0 bridgehead atoms. The number of rotatable bonds is 0. The molecule has 28 heavy (non-hydrogen) atoms. The van der Waals surface area contributed by atoms with E-state index in [4.69, 9.17) is 0 Å². The van der Waals surface area contributed by atoms with Crippen molar-refractivity contribution < 1.29 is 0 Å². The number of hydrogen-bond donors (Lipinski definition) is 0. The van der Waals surface area contributed by atoms with E-state index in [1.165, 1.54) is 16.5 Å². The summed E-state index contributed by atoms with van der Waals surface area (Å²) in [6.07, 6.45) is 1.85. The molecule has 158 valence electrons. The lowest BCUT2D eigenvalue weighted by Crippen LogP contribution is -2.12. The van der Waals surface area contributed by atoms with Crippen LogP contribution >= 0.6 is 34.2 Å². The van der Waals surface area contributed by atoms with Crippen LogP contribution in [0.2, 0.25) is 0 Å². The van der Waals surface area contributed by atoms with Gasteiger partial charge < -0.3 is 0 Å². The number of hydrogen-bond acceptors (Lipinski definition) is 8. The Balaban J connectivity index is 0.000000384. The molecule has 3 aromatic rings. The van der Waals surface area contributed by atoms with Crippen LogP contribution in [0.5, 0.6) is 0 Å². The lowest BCUT2D eigenvalue weighted by Gasteiger charge is -2.12. The summed E-state index contributed by atoms with van der Waals surface area (Å²) >= 11 is 4.73. The monoisotopic (exact) mass is 441 g/mol. The molecule has 0 spiro atoms. The Morgan fingerprint density at radius 1 is 0.714 bits per heavy atom. The zero-order valence-electron chi connectivity index (χ0n) is 17.8. The van der Waals surface area contributed by atoms with E-state index in [0.717, 1.165) is 10.8 Å². The third-order valence-electron chi connectivity index (χ3n) is 3.11. The van der Waals surface area contributed by atoms with E-state index in [1.807, 2.05) is 11.6 Å². The van der Waals surface area contributed by atoms with E-state index in [9.17, 15) is 0 Å². The molecule has 5 nitrogen and oxygen atoms in total. The standard InChI is InChI=1S/C7H11NS.2C6H10N2S.CH4/c1-7(2,3)6-8-4-5-9-6;1-6(2,3)5-8-7-4-9-5;1-6(2,3)5-7-4-9-8-5;/h4-5H,1-3H3;2*4H,1-3H3;1H4. The van der Waals surface area contributed by atoms with Crippen molar-refractivity contribution in [2.45, 2.75) is 86.0 Å². The van der Waals surface area contributed by atoms with Crippen molar-refractivity contribution in [3.63, 3.8) is 0 Å². The van der Waals surface area contributed by atoms with Crippen LogP contribution in [-0.4, -0.2) is 24.5 Å². The third kappa shape index (κ3) is 9.80. The van der Waals surface area contributed by atoms with Gasteiger partial charge in [-0.1, -0.05) is 69.7 Å². The van der Waals surface area contributed by atoms with E-state index >= 15 is 0 Å². The van der Waals surface area contributed by atoms with Crippen molar-refractivity contribution >= 4 is 34.2 Å². The van der Waals surface area contributed by atoms with Crippen molar-refractivity contribution in [2.24, 2.45) is 0 Å². The molecule has 0 aliphatic carbocycles. The van der Waals surface area contributed by atoms with Crippen LogP contribution in [-0.2, 0) is 16.2 Å². The Morgan fingerprint density at radius 3 is 1.54 bits per heavy atom. The minimum absolute atomic E-state index is 0. The molecule has 3 aromatic heterocycles. The van der Waals surface area contributed by atoms with Gasteiger partial charge in [0.05, 0.1) is 5.01 Å². The Morgan fingerprint density at radius 2 is 1.32 bits per heavy atom. The normalized spacial score (nSPS) is 11.5. The molecule has 3 heterocycles. The summed E-state index contributed by atoms with van der Waals surface area (Å²) in [5.74, 6) is 0.938. The zero-order chi connectivity index (χ0) is 20.7. The first-order valence-electron chi connectivity index (χ1n) is 8.75. The largest absolute Gasteiger partial charge is 0.249 e. The van der Waals surface area contributed by atoms with Crippen molar-refractivity contribution in [2.75, 3.05) is 0 Å². The summed E-state index contributed by atoms with van der Waals surface area (Å²) in [6, 6.07) is 0. The molecular formula is C20H35N5S3. The lowest BCUT2D eigenvalue weighted by atomic mass is 9.96. The van der Waals surface area contributed by atoms with E-state index in [0.29, 0.717) is 0 Å². The molecule has 3 rings (SSSR count). The van der Waals surface area contributed by atoms with E-state index in [2.05, 4.69) is 86.9 Å². The molecule has 0 saturated heterocycles. The highest BCUT2D eigenvalue weighted by Crippen LogP contribution is 2.23. The minimum Gasteiger partial charge on any atom is -0.249 e.